The highest BCUT2D eigenvalue weighted by molar-refractivity contribution is 5.81. The van der Waals surface area contributed by atoms with Crippen LogP contribution in [0.1, 0.15) is 32.3 Å². The molecule has 1 unspecified atom stereocenters. The maximum absolute atomic E-state index is 11.9. The molecular weight excluding hydrogens is 210 g/mol. The lowest BCUT2D eigenvalue weighted by atomic mass is 9.91. The predicted octanol–water partition coefficient (Wildman–Crippen LogP) is 2.81. The van der Waals surface area contributed by atoms with E-state index in [4.69, 9.17) is 5.73 Å². The molecule has 1 atom stereocenters. The van der Waals surface area contributed by atoms with Crippen LogP contribution in [0.3, 0.4) is 0 Å². The molecule has 0 bridgehead atoms. The Labute approximate surface area is 104 Å². The number of carbonyl (C=O) groups excluding carboxylic acids is 1. The van der Waals surface area contributed by atoms with Crippen LogP contribution in [-0.2, 0) is 11.2 Å². The van der Waals surface area contributed by atoms with Crippen molar-refractivity contribution >= 4 is 5.78 Å². The van der Waals surface area contributed by atoms with Crippen molar-refractivity contribution in [3.8, 4) is 0 Å². The highest BCUT2D eigenvalue weighted by atomic mass is 16.1. The van der Waals surface area contributed by atoms with Gasteiger partial charge in [0.05, 0.1) is 0 Å². The van der Waals surface area contributed by atoms with Gasteiger partial charge < -0.3 is 5.73 Å². The van der Waals surface area contributed by atoms with Crippen molar-refractivity contribution in [2.75, 3.05) is 6.54 Å². The second-order valence-electron chi connectivity index (χ2n) is 5.14. The van der Waals surface area contributed by atoms with Crippen molar-refractivity contribution in [1.29, 1.82) is 0 Å². The zero-order valence-corrected chi connectivity index (χ0v) is 10.9. The summed E-state index contributed by atoms with van der Waals surface area (Å²) in [5, 5.41) is 0. The van der Waals surface area contributed by atoms with Gasteiger partial charge in [0.1, 0.15) is 5.78 Å². The molecule has 1 rings (SSSR count). The number of hydrogen-bond acceptors (Lipinski definition) is 2. The molecule has 2 nitrogen and oxygen atoms in total. The molecule has 0 fully saturated rings. The van der Waals surface area contributed by atoms with E-state index >= 15 is 0 Å². The molecule has 0 spiro atoms. The van der Waals surface area contributed by atoms with Gasteiger partial charge in [-0.3, -0.25) is 4.79 Å². The van der Waals surface area contributed by atoms with E-state index in [0.29, 0.717) is 37.0 Å². The fraction of sp³-hybridized carbons (Fsp3) is 0.533. The van der Waals surface area contributed by atoms with E-state index in [1.54, 1.807) is 0 Å². The minimum Gasteiger partial charge on any atom is -0.330 e. The Morgan fingerprint density at radius 2 is 1.88 bits per heavy atom. The summed E-state index contributed by atoms with van der Waals surface area (Å²) < 4.78 is 0. The van der Waals surface area contributed by atoms with Crippen LogP contribution < -0.4 is 5.73 Å². The fourth-order valence-electron chi connectivity index (χ4n) is 2.15. The molecule has 0 amide bonds. The molecule has 1 aromatic carbocycles. The summed E-state index contributed by atoms with van der Waals surface area (Å²) in [6.45, 7) is 4.95. The minimum absolute atomic E-state index is 0.298. The van der Waals surface area contributed by atoms with Crippen molar-refractivity contribution in [3.05, 3.63) is 35.9 Å². The van der Waals surface area contributed by atoms with Crippen LogP contribution in [0.15, 0.2) is 30.3 Å². The summed E-state index contributed by atoms with van der Waals surface area (Å²) in [6, 6.07) is 9.90. The third-order valence-electron chi connectivity index (χ3n) is 2.90. The fourth-order valence-corrected chi connectivity index (χ4v) is 2.15. The van der Waals surface area contributed by atoms with Gasteiger partial charge in [-0.05, 0) is 30.4 Å². The molecule has 17 heavy (non-hydrogen) atoms. The number of benzene rings is 1. The number of Topliss-reactive ketones (excluding diaryl/α,β-unsaturated/α-hetero) is 1. The molecule has 2 heteroatoms. The zero-order valence-electron chi connectivity index (χ0n) is 10.9. The standard InChI is InChI=1S/C15H23NO/c1-12(2)8-14(11-16)10-15(17)9-13-6-4-3-5-7-13/h3-7,12,14H,8-11,16H2,1-2H3. The Morgan fingerprint density at radius 1 is 1.24 bits per heavy atom. The number of ketones is 1. The normalized spacial score (nSPS) is 12.7. The molecule has 94 valence electrons. The van der Waals surface area contributed by atoms with Crippen LogP contribution in [-0.4, -0.2) is 12.3 Å². The molecule has 0 radical (unpaired) electrons. The van der Waals surface area contributed by atoms with Crippen molar-refractivity contribution in [2.24, 2.45) is 17.6 Å². The first-order valence-corrected chi connectivity index (χ1v) is 6.37. The van der Waals surface area contributed by atoms with Gasteiger partial charge in [0, 0.05) is 12.8 Å². The summed E-state index contributed by atoms with van der Waals surface area (Å²) >= 11 is 0. The summed E-state index contributed by atoms with van der Waals surface area (Å²) in [6.07, 6.45) is 2.19. The third kappa shape index (κ3) is 5.64. The average molecular weight is 233 g/mol. The van der Waals surface area contributed by atoms with E-state index in [1.165, 1.54) is 0 Å². The molecule has 0 aliphatic carbocycles. The van der Waals surface area contributed by atoms with Crippen molar-refractivity contribution < 1.29 is 4.79 Å². The largest absolute Gasteiger partial charge is 0.330 e. The number of hydrogen-bond donors (Lipinski definition) is 1. The second kappa shape index (κ2) is 7.23. The smallest absolute Gasteiger partial charge is 0.137 e. The topological polar surface area (TPSA) is 43.1 Å². The van der Waals surface area contributed by atoms with Gasteiger partial charge in [-0.15, -0.1) is 0 Å². The maximum atomic E-state index is 11.9. The lowest BCUT2D eigenvalue weighted by Crippen LogP contribution is -2.20. The Balaban J connectivity index is 2.43. The van der Waals surface area contributed by atoms with E-state index in [-0.39, 0.29) is 0 Å². The molecular formula is C15H23NO. The SMILES string of the molecule is CC(C)CC(CN)CC(=O)Cc1ccccc1. The van der Waals surface area contributed by atoms with Crippen LogP contribution >= 0.6 is 0 Å². The van der Waals surface area contributed by atoms with Gasteiger partial charge in [-0.2, -0.15) is 0 Å². The lowest BCUT2D eigenvalue weighted by Gasteiger charge is -2.16. The van der Waals surface area contributed by atoms with Gasteiger partial charge in [-0.25, -0.2) is 0 Å². The second-order valence-corrected chi connectivity index (χ2v) is 5.14. The first kappa shape index (κ1) is 13.9. The Hall–Kier alpha value is -1.15. The molecule has 0 heterocycles. The number of nitrogens with two attached hydrogens (primary N) is 1. The van der Waals surface area contributed by atoms with Crippen LogP contribution in [0.25, 0.3) is 0 Å². The summed E-state index contributed by atoms with van der Waals surface area (Å²) in [7, 11) is 0. The van der Waals surface area contributed by atoms with E-state index in [1.807, 2.05) is 30.3 Å². The first-order valence-electron chi connectivity index (χ1n) is 6.37. The third-order valence-corrected chi connectivity index (χ3v) is 2.90. The van der Waals surface area contributed by atoms with Gasteiger partial charge in [-0.1, -0.05) is 44.2 Å². The predicted molar refractivity (Wildman–Crippen MR) is 71.8 cm³/mol. The van der Waals surface area contributed by atoms with E-state index < -0.39 is 0 Å². The van der Waals surface area contributed by atoms with E-state index in [9.17, 15) is 4.79 Å². The number of rotatable bonds is 7. The summed E-state index contributed by atoms with van der Waals surface area (Å²) in [5.74, 6) is 1.24. The summed E-state index contributed by atoms with van der Waals surface area (Å²) in [5.41, 5.74) is 6.81. The first-order chi connectivity index (χ1) is 8.11. The zero-order chi connectivity index (χ0) is 12.7. The molecule has 0 aliphatic rings. The van der Waals surface area contributed by atoms with Crippen molar-refractivity contribution in [2.45, 2.75) is 33.1 Å². The van der Waals surface area contributed by atoms with Gasteiger partial charge in [0.25, 0.3) is 0 Å². The van der Waals surface area contributed by atoms with E-state index in [2.05, 4.69) is 13.8 Å². The van der Waals surface area contributed by atoms with Crippen LogP contribution in [0.2, 0.25) is 0 Å². The van der Waals surface area contributed by atoms with Gasteiger partial charge in [0.15, 0.2) is 0 Å². The van der Waals surface area contributed by atoms with Crippen LogP contribution in [0.5, 0.6) is 0 Å². The molecule has 0 aliphatic heterocycles. The van der Waals surface area contributed by atoms with Gasteiger partial charge >= 0.3 is 0 Å². The van der Waals surface area contributed by atoms with Crippen molar-refractivity contribution in [1.82, 2.24) is 0 Å². The molecule has 1 aromatic rings. The quantitative estimate of drug-likeness (QED) is 0.787. The van der Waals surface area contributed by atoms with Crippen LogP contribution in [0, 0.1) is 11.8 Å². The number of carbonyl (C=O) groups is 1. The Kier molecular flexibility index (Phi) is 5.92. The highest BCUT2D eigenvalue weighted by Crippen LogP contribution is 2.15. The monoisotopic (exact) mass is 233 g/mol. The molecule has 0 saturated carbocycles. The Morgan fingerprint density at radius 3 is 2.41 bits per heavy atom. The average Bonchev–Trinajstić information content (AvgIpc) is 2.28. The molecule has 0 aromatic heterocycles. The molecule has 2 N–H and O–H groups in total. The van der Waals surface area contributed by atoms with E-state index in [0.717, 1.165) is 12.0 Å². The van der Waals surface area contributed by atoms with Crippen LogP contribution in [0.4, 0.5) is 0 Å². The minimum atomic E-state index is 0.298. The summed E-state index contributed by atoms with van der Waals surface area (Å²) in [4.78, 5) is 11.9. The molecule has 0 saturated heterocycles. The van der Waals surface area contributed by atoms with Gasteiger partial charge in [0.2, 0.25) is 0 Å². The Bertz CT molecular complexity index is 332. The highest BCUT2D eigenvalue weighted by Gasteiger charge is 2.14. The lowest BCUT2D eigenvalue weighted by molar-refractivity contribution is -0.119. The maximum Gasteiger partial charge on any atom is 0.137 e. The van der Waals surface area contributed by atoms with Crippen molar-refractivity contribution in [3.63, 3.8) is 0 Å².